The number of carbonyl (C=O) groups is 1. The number of aryl methyl sites for hydroxylation is 2. The van der Waals surface area contributed by atoms with Crippen molar-refractivity contribution in [2.75, 3.05) is 37.9 Å². The summed E-state index contributed by atoms with van der Waals surface area (Å²) in [5.74, 6) is 0.637. The van der Waals surface area contributed by atoms with Gasteiger partial charge in [0.15, 0.2) is 0 Å². The van der Waals surface area contributed by atoms with Gasteiger partial charge in [-0.25, -0.2) is 13.4 Å². The van der Waals surface area contributed by atoms with E-state index in [2.05, 4.69) is 10.3 Å². The molecule has 1 saturated heterocycles. The van der Waals surface area contributed by atoms with Crippen LogP contribution in [0.3, 0.4) is 0 Å². The number of benzene rings is 2. The van der Waals surface area contributed by atoms with Crippen LogP contribution in [0.5, 0.6) is 0 Å². The van der Waals surface area contributed by atoms with Crippen LogP contribution in [-0.2, 0) is 33.0 Å². The van der Waals surface area contributed by atoms with E-state index in [-0.39, 0.29) is 17.2 Å². The summed E-state index contributed by atoms with van der Waals surface area (Å²) >= 11 is 1.65. The average Bonchev–Trinajstić information content (AvgIpc) is 3.13. The van der Waals surface area contributed by atoms with Gasteiger partial charge in [-0.1, -0.05) is 0 Å². The van der Waals surface area contributed by atoms with Gasteiger partial charge in [-0.3, -0.25) is 4.79 Å². The molecule has 2 aromatic carbocycles. The van der Waals surface area contributed by atoms with Gasteiger partial charge in [0.2, 0.25) is 15.9 Å². The largest absolute Gasteiger partial charge is 0.379 e. The molecule has 2 heterocycles. The van der Waals surface area contributed by atoms with Gasteiger partial charge in [-0.15, -0.1) is 11.8 Å². The summed E-state index contributed by atoms with van der Waals surface area (Å²) in [4.78, 5) is 18.3. The highest BCUT2D eigenvalue weighted by molar-refractivity contribution is 7.98. The fourth-order valence-corrected chi connectivity index (χ4v) is 5.51. The normalized spacial score (nSPS) is 15.2. The number of morpholine rings is 1. The van der Waals surface area contributed by atoms with Crippen molar-refractivity contribution in [2.45, 2.75) is 22.6 Å². The molecule has 8 nitrogen and oxygen atoms in total. The van der Waals surface area contributed by atoms with E-state index in [0.717, 1.165) is 21.9 Å². The summed E-state index contributed by atoms with van der Waals surface area (Å²) in [7, 11) is -1.71. The molecule has 0 bridgehead atoms. The van der Waals surface area contributed by atoms with E-state index >= 15 is 0 Å². The molecule has 1 fully saturated rings. The average molecular weight is 475 g/mol. The first-order valence-corrected chi connectivity index (χ1v) is 13.0. The Balaban J connectivity index is 1.46. The number of ether oxygens (including phenoxy) is 1. The van der Waals surface area contributed by atoms with Crippen molar-refractivity contribution in [1.29, 1.82) is 0 Å². The Labute approximate surface area is 192 Å². The Hall–Kier alpha value is -2.40. The molecule has 10 heteroatoms. The zero-order valence-electron chi connectivity index (χ0n) is 18.1. The van der Waals surface area contributed by atoms with E-state index in [1.54, 1.807) is 30.0 Å². The number of fused-ring (bicyclic) bond motifs is 1. The molecule has 4 rings (SSSR count). The Kier molecular flexibility index (Phi) is 6.85. The number of hydrogen-bond acceptors (Lipinski definition) is 6. The second-order valence-electron chi connectivity index (χ2n) is 7.53. The van der Waals surface area contributed by atoms with Crippen LogP contribution in [0.2, 0.25) is 0 Å². The lowest BCUT2D eigenvalue weighted by molar-refractivity contribution is -0.116. The Morgan fingerprint density at radius 1 is 1.16 bits per heavy atom. The van der Waals surface area contributed by atoms with E-state index in [9.17, 15) is 13.2 Å². The first-order valence-electron chi connectivity index (χ1n) is 10.4. The van der Waals surface area contributed by atoms with Crippen molar-refractivity contribution in [1.82, 2.24) is 13.9 Å². The number of carbonyl (C=O) groups excluding carboxylic acids is 1. The van der Waals surface area contributed by atoms with Gasteiger partial charge in [0.1, 0.15) is 5.82 Å². The molecule has 1 N–H and O–H groups in total. The van der Waals surface area contributed by atoms with E-state index in [1.807, 2.05) is 42.1 Å². The Morgan fingerprint density at radius 2 is 1.88 bits per heavy atom. The third-order valence-electron chi connectivity index (χ3n) is 5.50. The van der Waals surface area contributed by atoms with Gasteiger partial charge in [0, 0.05) is 43.6 Å². The molecule has 0 unspecified atom stereocenters. The predicted molar refractivity (Wildman–Crippen MR) is 125 cm³/mol. The lowest BCUT2D eigenvalue weighted by Crippen LogP contribution is -2.40. The van der Waals surface area contributed by atoms with Crippen molar-refractivity contribution < 1.29 is 17.9 Å². The second kappa shape index (κ2) is 9.62. The number of hydrogen-bond donors (Lipinski definition) is 1. The van der Waals surface area contributed by atoms with Crippen LogP contribution in [0.1, 0.15) is 12.2 Å². The maximum absolute atomic E-state index is 12.9. The minimum Gasteiger partial charge on any atom is -0.379 e. The number of sulfonamides is 1. The number of nitrogens with zero attached hydrogens (tertiary/aromatic N) is 3. The summed E-state index contributed by atoms with van der Waals surface area (Å²) in [6.45, 7) is 1.50. The van der Waals surface area contributed by atoms with Gasteiger partial charge < -0.3 is 14.6 Å². The van der Waals surface area contributed by atoms with Crippen LogP contribution in [0.25, 0.3) is 11.0 Å². The number of anilines is 1. The van der Waals surface area contributed by atoms with Crippen LogP contribution in [0, 0.1) is 0 Å². The minimum absolute atomic E-state index is 0.0930. The monoisotopic (exact) mass is 474 g/mol. The standard InChI is InChI=1S/C22H26N4O4S2/c1-25-20-8-7-18(32(28,29)26-11-13-30-14-12-26)15-19(20)24-21(25)9-10-22(27)23-16-3-5-17(31-2)6-4-16/h3-8,15H,9-14H2,1-2H3,(H,23,27). The Morgan fingerprint density at radius 3 is 2.56 bits per heavy atom. The smallest absolute Gasteiger partial charge is 0.243 e. The SMILES string of the molecule is CSc1ccc(NC(=O)CCc2nc3cc(S(=O)(=O)N4CCOCC4)ccc3n2C)cc1. The molecule has 1 amide bonds. The van der Waals surface area contributed by atoms with Crippen LogP contribution in [-0.4, -0.2) is 60.7 Å². The van der Waals surface area contributed by atoms with Crippen molar-refractivity contribution in [3.63, 3.8) is 0 Å². The number of rotatable bonds is 7. The molecule has 32 heavy (non-hydrogen) atoms. The molecular formula is C22H26N4O4S2. The van der Waals surface area contributed by atoms with E-state index < -0.39 is 10.0 Å². The van der Waals surface area contributed by atoms with E-state index in [1.165, 1.54) is 4.31 Å². The molecule has 1 aliphatic rings. The third kappa shape index (κ3) is 4.83. The number of imidazole rings is 1. The summed E-state index contributed by atoms with van der Waals surface area (Å²) in [6, 6.07) is 12.7. The fourth-order valence-electron chi connectivity index (χ4n) is 3.67. The molecule has 0 atom stereocenters. The number of thioether (sulfide) groups is 1. The maximum atomic E-state index is 12.9. The molecule has 1 aliphatic heterocycles. The van der Waals surface area contributed by atoms with Gasteiger partial charge in [-0.2, -0.15) is 4.31 Å². The molecule has 1 aromatic heterocycles. The van der Waals surface area contributed by atoms with Gasteiger partial charge in [-0.05, 0) is 48.7 Å². The summed E-state index contributed by atoms with van der Waals surface area (Å²) in [6.07, 6.45) is 2.73. The van der Waals surface area contributed by atoms with Crippen LogP contribution in [0.4, 0.5) is 5.69 Å². The molecule has 0 saturated carbocycles. The maximum Gasteiger partial charge on any atom is 0.243 e. The van der Waals surface area contributed by atoms with Gasteiger partial charge >= 0.3 is 0 Å². The first kappa shape index (κ1) is 22.8. The van der Waals surface area contributed by atoms with Gasteiger partial charge in [0.25, 0.3) is 0 Å². The zero-order chi connectivity index (χ0) is 22.7. The Bertz CT molecular complexity index is 1220. The highest BCUT2D eigenvalue weighted by Crippen LogP contribution is 2.24. The number of amides is 1. The highest BCUT2D eigenvalue weighted by atomic mass is 32.2. The predicted octanol–water partition coefficient (Wildman–Crippen LogP) is 2.89. The highest BCUT2D eigenvalue weighted by Gasteiger charge is 2.27. The summed E-state index contributed by atoms with van der Waals surface area (Å²) in [5.41, 5.74) is 2.19. The van der Waals surface area contributed by atoms with Crippen molar-refractivity contribution in [2.24, 2.45) is 7.05 Å². The molecule has 0 radical (unpaired) electrons. The number of aromatic nitrogens is 2. The van der Waals surface area contributed by atoms with Crippen molar-refractivity contribution in [3.8, 4) is 0 Å². The molecule has 170 valence electrons. The first-order chi connectivity index (χ1) is 15.4. The molecule has 0 aliphatic carbocycles. The van der Waals surface area contributed by atoms with E-state index in [4.69, 9.17) is 4.74 Å². The van der Waals surface area contributed by atoms with Crippen molar-refractivity contribution in [3.05, 3.63) is 48.3 Å². The summed E-state index contributed by atoms with van der Waals surface area (Å²) in [5, 5.41) is 2.90. The number of nitrogens with one attached hydrogen (secondary N) is 1. The third-order valence-corrected chi connectivity index (χ3v) is 8.14. The molecular weight excluding hydrogens is 448 g/mol. The fraction of sp³-hybridized carbons (Fsp3) is 0.364. The topological polar surface area (TPSA) is 93.5 Å². The van der Waals surface area contributed by atoms with E-state index in [0.29, 0.717) is 38.2 Å². The zero-order valence-corrected chi connectivity index (χ0v) is 19.7. The van der Waals surface area contributed by atoms with Crippen LogP contribution in [0.15, 0.2) is 52.3 Å². The van der Waals surface area contributed by atoms with Crippen molar-refractivity contribution >= 4 is 44.4 Å². The minimum atomic E-state index is -3.58. The van der Waals surface area contributed by atoms with Crippen LogP contribution >= 0.6 is 11.8 Å². The quantitative estimate of drug-likeness (QED) is 0.529. The molecule has 3 aromatic rings. The summed E-state index contributed by atoms with van der Waals surface area (Å²) < 4.78 is 34.5. The lowest BCUT2D eigenvalue weighted by Gasteiger charge is -2.26. The molecule has 0 spiro atoms. The van der Waals surface area contributed by atoms with Crippen LogP contribution < -0.4 is 5.32 Å². The van der Waals surface area contributed by atoms with Gasteiger partial charge in [0.05, 0.1) is 29.1 Å². The second-order valence-corrected chi connectivity index (χ2v) is 10.3. The lowest BCUT2D eigenvalue weighted by atomic mass is 10.2.